The molecule has 1 aromatic carbocycles. The van der Waals surface area contributed by atoms with Crippen LogP contribution in [0.2, 0.25) is 0 Å². The summed E-state index contributed by atoms with van der Waals surface area (Å²) in [6.45, 7) is 9.78. The van der Waals surface area contributed by atoms with Crippen LogP contribution in [0.5, 0.6) is 11.5 Å². The molecule has 4 fully saturated rings. The zero-order valence-electron chi connectivity index (χ0n) is 28.3. The molecular formula is C35H48N4O8. The first-order valence-electron chi connectivity index (χ1n) is 16.7. The number of hydrogen-bond acceptors (Lipinski definition) is 8. The van der Waals surface area contributed by atoms with Crippen molar-refractivity contribution in [2.45, 2.75) is 122 Å². The number of nitrogens with zero attached hydrogens (tertiary/aromatic N) is 2. The van der Waals surface area contributed by atoms with Crippen LogP contribution < -0.4 is 20.1 Å². The third-order valence-corrected chi connectivity index (χ3v) is 10.7. The van der Waals surface area contributed by atoms with E-state index >= 15 is 0 Å². The van der Waals surface area contributed by atoms with Gasteiger partial charge in [-0.25, -0.2) is 4.79 Å². The number of carboxylic acids is 1. The highest BCUT2D eigenvalue weighted by Crippen LogP contribution is 2.45. The average Bonchev–Trinajstić information content (AvgIpc) is 3.56. The topological polar surface area (TPSA) is 167 Å². The van der Waals surface area contributed by atoms with E-state index in [1.54, 1.807) is 32.6 Å². The van der Waals surface area contributed by atoms with Crippen molar-refractivity contribution in [1.29, 1.82) is 5.26 Å². The minimum absolute atomic E-state index is 0.0493. The Morgan fingerprint density at radius 1 is 1.02 bits per heavy atom. The summed E-state index contributed by atoms with van der Waals surface area (Å²) in [5.41, 5.74) is -1.20. The first-order valence-corrected chi connectivity index (χ1v) is 16.7. The number of amides is 3. The lowest BCUT2D eigenvalue weighted by atomic mass is 9.70. The number of carboxylic acid groups (broad SMARTS) is 1. The molecule has 2 bridgehead atoms. The molecule has 1 aromatic rings. The highest BCUT2D eigenvalue weighted by atomic mass is 16.6. The number of ether oxygens (including phenoxy) is 3. The zero-order valence-corrected chi connectivity index (χ0v) is 28.3. The zero-order chi connectivity index (χ0) is 34.3. The fourth-order valence-corrected chi connectivity index (χ4v) is 7.59. The standard InChI is InChI=1S/C35H48N4O8/c1-33(2,3)47-32(44)39-23-8-9-24(39)28(27(23)30(41)37-19-34(4)12-7-13-34)38-29(40)22-17-25(20(18-36)16-26(22)45-6)46-21-10-14-35(5,15-11-21)31(42)43/h16-17,21,23-24,27-28H,7-15,19H2,1-6H3,(H,37,41)(H,38,40)(H,42,43)/t21-,23-,24+,27+,28?,35+/m0/s1. The maximum absolute atomic E-state index is 14.0. The van der Waals surface area contributed by atoms with Gasteiger partial charge in [-0.05, 0) is 90.5 Å². The molecule has 4 aliphatic rings. The van der Waals surface area contributed by atoms with Gasteiger partial charge in [-0.3, -0.25) is 19.3 Å². The van der Waals surface area contributed by atoms with Crippen LogP contribution in [-0.2, 0) is 14.3 Å². The van der Waals surface area contributed by atoms with E-state index in [4.69, 9.17) is 14.2 Å². The Bertz CT molecular complexity index is 1450. The Morgan fingerprint density at radius 2 is 1.68 bits per heavy atom. The number of fused-ring (bicyclic) bond motifs is 2. The Hall–Kier alpha value is -4.01. The van der Waals surface area contributed by atoms with E-state index in [-0.39, 0.29) is 40.1 Å². The Labute approximate surface area is 276 Å². The van der Waals surface area contributed by atoms with Gasteiger partial charge in [0.05, 0.1) is 47.8 Å². The number of carbonyl (C=O) groups is 4. The van der Waals surface area contributed by atoms with Crippen LogP contribution in [-0.4, -0.2) is 77.4 Å². The molecule has 256 valence electrons. The van der Waals surface area contributed by atoms with E-state index in [1.807, 2.05) is 0 Å². The molecule has 12 nitrogen and oxygen atoms in total. The van der Waals surface area contributed by atoms with Gasteiger partial charge in [0.1, 0.15) is 23.2 Å². The van der Waals surface area contributed by atoms with Crippen molar-refractivity contribution in [2.75, 3.05) is 13.7 Å². The summed E-state index contributed by atoms with van der Waals surface area (Å²) in [6.07, 6.45) is 5.43. The smallest absolute Gasteiger partial charge is 0.410 e. The summed E-state index contributed by atoms with van der Waals surface area (Å²) in [6, 6.07) is 3.48. The van der Waals surface area contributed by atoms with Crippen molar-refractivity contribution in [3.05, 3.63) is 23.3 Å². The van der Waals surface area contributed by atoms with Crippen molar-refractivity contribution in [2.24, 2.45) is 16.7 Å². The van der Waals surface area contributed by atoms with Crippen LogP contribution in [0.3, 0.4) is 0 Å². The molecule has 0 spiro atoms. The van der Waals surface area contributed by atoms with Gasteiger partial charge < -0.3 is 30.0 Å². The average molecular weight is 653 g/mol. The first-order chi connectivity index (χ1) is 22.1. The molecule has 2 aliphatic carbocycles. The molecule has 2 aliphatic heterocycles. The number of nitriles is 1. The molecule has 3 N–H and O–H groups in total. The molecule has 2 heterocycles. The number of methoxy groups -OCH3 is 1. The van der Waals surface area contributed by atoms with E-state index in [1.165, 1.54) is 19.2 Å². The molecule has 47 heavy (non-hydrogen) atoms. The second-order valence-corrected chi connectivity index (χ2v) is 15.4. The second-order valence-electron chi connectivity index (χ2n) is 15.4. The number of benzene rings is 1. The lowest BCUT2D eigenvalue weighted by Gasteiger charge is -2.39. The largest absolute Gasteiger partial charge is 0.496 e. The normalized spacial score (nSPS) is 29.2. The second kappa shape index (κ2) is 12.9. The first kappa shape index (κ1) is 34.3. The molecule has 2 saturated carbocycles. The number of aliphatic carboxylic acids is 1. The van der Waals surface area contributed by atoms with Gasteiger partial charge in [0.15, 0.2) is 0 Å². The fraction of sp³-hybridized carbons (Fsp3) is 0.686. The van der Waals surface area contributed by atoms with E-state index < -0.39 is 53.0 Å². The van der Waals surface area contributed by atoms with Crippen LogP contribution in [0.4, 0.5) is 4.79 Å². The van der Waals surface area contributed by atoms with E-state index in [0.717, 1.165) is 19.3 Å². The van der Waals surface area contributed by atoms with Crippen molar-refractivity contribution in [3.63, 3.8) is 0 Å². The quantitative estimate of drug-likeness (QED) is 0.340. The third-order valence-electron chi connectivity index (χ3n) is 10.7. The van der Waals surface area contributed by atoms with E-state index in [2.05, 4.69) is 23.6 Å². The number of carbonyl (C=O) groups excluding carboxylic acids is 3. The van der Waals surface area contributed by atoms with Gasteiger partial charge in [-0.2, -0.15) is 5.26 Å². The molecule has 5 rings (SSSR count). The maximum atomic E-state index is 14.0. The van der Waals surface area contributed by atoms with Gasteiger partial charge >= 0.3 is 12.1 Å². The van der Waals surface area contributed by atoms with Crippen molar-refractivity contribution in [3.8, 4) is 17.6 Å². The highest BCUT2D eigenvalue weighted by Gasteiger charge is 2.59. The molecule has 12 heteroatoms. The predicted octanol–water partition coefficient (Wildman–Crippen LogP) is 4.78. The Balaban J connectivity index is 1.39. The molecule has 3 amide bonds. The molecule has 0 aromatic heterocycles. The number of rotatable bonds is 9. The number of nitrogens with one attached hydrogen (secondary N) is 2. The molecule has 2 saturated heterocycles. The van der Waals surface area contributed by atoms with E-state index in [9.17, 15) is 29.5 Å². The van der Waals surface area contributed by atoms with Crippen LogP contribution in [0.25, 0.3) is 0 Å². The SMILES string of the molecule is COc1cc(C#N)c(O[C@H]2CC[C@@](C)(C(=O)O)CC2)cc1C(=O)NC1[C@H]2CC[C@@H]([C@H]1C(=O)NCC1(C)CCC1)N2C(=O)OC(C)(C)C. The lowest BCUT2D eigenvalue weighted by Crippen LogP contribution is -2.53. The lowest BCUT2D eigenvalue weighted by molar-refractivity contribution is -0.150. The summed E-state index contributed by atoms with van der Waals surface area (Å²) in [4.78, 5) is 54.6. The van der Waals surface area contributed by atoms with Crippen LogP contribution >= 0.6 is 0 Å². The van der Waals surface area contributed by atoms with Gasteiger partial charge in [-0.15, -0.1) is 0 Å². The maximum Gasteiger partial charge on any atom is 0.410 e. The minimum atomic E-state index is -0.841. The van der Waals surface area contributed by atoms with Crippen molar-refractivity contribution < 1.29 is 38.5 Å². The fourth-order valence-electron chi connectivity index (χ4n) is 7.59. The summed E-state index contributed by atoms with van der Waals surface area (Å²) in [5, 5.41) is 25.7. The summed E-state index contributed by atoms with van der Waals surface area (Å²) in [5.74, 6) is -1.88. The Morgan fingerprint density at radius 3 is 2.23 bits per heavy atom. The predicted molar refractivity (Wildman–Crippen MR) is 171 cm³/mol. The van der Waals surface area contributed by atoms with Gasteiger partial charge in [0.2, 0.25) is 5.91 Å². The highest BCUT2D eigenvalue weighted by molar-refractivity contribution is 5.98. The van der Waals surface area contributed by atoms with Crippen LogP contribution in [0.15, 0.2) is 12.1 Å². The third kappa shape index (κ3) is 6.99. The summed E-state index contributed by atoms with van der Waals surface area (Å²) in [7, 11) is 1.40. The number of hydrogen-bond donors (Lipinski definition) is 3. The molecule has 4 atom stereocenters. The molecule has 0 radical (unpaired) electrons. The van der Waals surface area contributed by atoms with Gasteiger partial charge in [0.25, 0.3) is 5.91 Å². The van der Waals surface area contributed by atoms with Crippen LogP contribution in [0.1, 0.15) is 108 Å². The summed E-state index contributed by atoms with van der Waals surface area (Å²) >= 11 is 0. The molecule has 1 unspecified atom stereocenters. The van der Waals surface area contributed by atoms with Crippen molar-refractivity contribution >= 4 is 23.9 Å². The van der Waals surface area contributed by atoms with Gasteiger partial charge in [0, 0.05) is 18.7 Å². The van der Waals surface area contributed by atoms with Crippen molar-refractivity contribution in [1.82, 2.24) is 15.5 Å². The van der Waals surface area contributed by atoms with Gasteiger partial charge in [-0.1, -0.05) is 13.3 Å². The van der Waals surface area contributed by atoms with E-state index in [0.29, 0.717) is 45.1 Å². The minimum Gasteiger partial charge on any atom is -0.496 e. The molecular weight excluding hydrogens is 604 g/mol. The Kier molecular flexibility index (Phi) is 9.41. The summed E-state index contributed by atoms with van der Waals surface area (Å²) < 4.78 is 17.5. The van der Waals surface area contributed by atoms with Crippen LogP contribution in [0, 0.1) is 28.1 Å². The monoisotopic (exact) mass is 652 g/mol.